The predicted octanol–water partition coefficient (Wildman–Crippen LogP) is 3.94. The van der Waals surface area contributed by atoms with Crippen LogP contribution >= 0.6 is 11.3 Å². The van der Waals surface area contributed by atoms with Crippen molar-refractivity contribution in [1.82, 2.24) is 4.98 Å². The summed E-state index contributed by atoms with van der Waals surface area (Å²) in [6.07, 6.45) is 3.79. The highest BCUT2D eigenvalue weighted by molar-refractivity contribution is 7.18. The summed E-state index contributed by atoms with van der Waals surface area (Å²) in [5.41, 5.74) is 18.7. The van der Waals surface area contributed by atoms with Gasteiger partial charge < -0.3 is 16.4 Å². The molecule has 0 spiro atoms. The third-order valence-corrected chi connectivity index (χ3v) is 5.29. The van der Waals surface area contributed by atoms with Gasteiger partial charge in [-0.05, 0) is 49.2 Å². The van der Waals surface area contributed by atoms with Gasteiger partial charge in [0.25, 0.3) is 0 Å². The quantitative estimate of drug-likeness (QED) is 0.666. The van der Waals surface area contributed by atoms with Crippen LogP contribution in [-0.2, 0) is 0 Å². The number of hydrogen-bond acceptors (Lipinski definition) is 5. The fourth-order valence-corrected chi connectivity index (χ4v) is 3.85. The Morgan fingerprint density at radius 3 is 2.83 bits per heavy atom. The van der Waals surface area contributed by atoms with Crippen molar-refractivity contribution >= 4 is 39.0 Å². The number of nitrogens with zero attached hydrogens (tertiary/aromatic N) is 2. The average molecular weight is 322 g/mol. The van der Waals surface area contributed by atoms with Crippen LogP contribution in [0.1, 0.15) is 27.9 Å². The van der Waals surface area contributed by atoms with Gasteiger partial charge >= 0.3 is 0 Å². The number of fused-ring (bicyclic) bond motifs is 2. The molecule has 2 aromatic carbocycles. The minimum Gasteiger partial charge on any atom is -0.398 e. The van der Waals surface area contributed by atoms with Crippen molar-refractivity contribution < 1.29 is 0 Å². The summed E-state index contributed by atoms with van der Waals surface area (Å²) in [5, 5.41) is 1.07. The number of nitrogen functional groups attached to an aromatic ring is 1. The van der Waals surface area contributed by atoms with Gasteiger partial charge in [0.1, 0.15) is 6.17 Å². The van der Waals surface area contributed by atoms with Crippen molar-refractivity contribution in [2.24, 2.45) is 5.73 Å². The zero-order chi connectivity index (χ0) is 16.1. The lowest BCUT2D eigenvalue weighted by Crippen LogP contribution is -2.33. The van der Waals surface area contributed by atoms with E-state index in [0.29, 0.717) is 0 Å². The summed E-state index contributed by atoms with van der Waals surface area (Å²) in [7, 11) is 0. The zero-order valence-electron chi connectivity index (χ0n) is 13.1. The Labute approximate surface area is 139 Å². The molecule has 1 unspecified atom stereocenters. The van der Waals surface area contributed by atoms with E-state index in [1.165, 1.54) is 4.70 Å². The Balaban J connectivity index is 1.79. The van der Waals surface area contributed by atoms with Crippen LogP contribution in [0.5, 0.6) is 0 Å². The standard InChI is InChI=1S/C18H18N4S/c1-10-3-5-14-13(17(10)19)7-8-22(18(14)20)12-4-6-16-15(9-12)21-11(2)23-16/h3-9,18H,19-20H2,1-2H3. The van der Waals surface area contributed by atoms with Crippen LogP contribution in [0.15, 0.2) is 36.5 Å². The molecule has 1 aromatic heterocycles. The van der Waals surface area contributed by atoms with Gasteiger partial charge in [-0.1, -0.05) is 12.1 Å². The van der Waals surface area contributed by atoms with Gasteiger partial charge in [-0.2, -0.15) is 0 Å². The molecule has 0 radical (unpaired) electrons. The Hall–Kier alpha value is -2.37. The topological polar surface area (TPSA) is 68.2 Å². The maximum Gasteiger partial charge on any atom is 0.108 e. The first-order valence-corrected chi connectivity index (χ1v) is 8.34. The molecule has 4 N–H and O–H groups in total. The molecule has 0 fully saturated rings. The lowest BCUT2D eigenvalue weighted by molar-refractivity contribution is 0.723. The highest BCUT2D eigenvalue weighted by Gasteiger charge is 2.23. The van der Waals surface area contributed by atoms with Crippen LogP contribution in [0.3, 0.4) is 0 Å². The first-order chi connectivity index (χ1) is 11.0. The molecule has 3 aromatic rings. The molecular formula is C18H18N4S. The Bertz CT molecular complexity index is 942. The third kappa shape index (κ3) is 2.20. The first kappa shape index (κ1) is 14.2. The number of rotatable bonds is 1. The van der Waals surface area contributed by atoms with Gasteiger partial charge in [-0.25, -0.2) is 4.98 Å². The highest BCUT2D eigenvalue weighted by atomic mass is 32.1. The number of nitrogens with two attached hydrogens (primary N) is 2. The smallest absolute Gasteiger partial charge is 0.108 e. The van der Waals surface area contributed by atoms with Gasteiger partial charge in [-0.3, -0.25) is 0 Å². The van der Waals surface area contributed by atoms with Crippen molar-refractivity contribution in [2.75, 3.05) is 10.6 Å². The van der Waals surface area contributed by atoms with E-state index in [0.717, 1.165) is 38.6 Å². The van der Waals surface area contributed by atoms with E-state index >= 15 is 0 Å². The second-order valence-corrected chi connectivity index (χ2v) is 7.09. The predicted molar refractivity (Wildman–Crippen MR) is 98.4 cm³/mol. The maximum absolute atomic E-state index is 6.49. The van der Waals surface area contributed by atoms with Crippen LogP contribution in [0.25, 0.3) is 16.3 Å². The molecule has 1 aliphatic heterocycles. The van der Waals surface area contributed by atoms with E-state index in [-0.39, 0.29) is 6.17 Å². The lowest BCUT2D eigenvalue weighted by Gasteiger charge is -2.33. The van der Waals surface area contributed by atoms with Crippen LogP contribution in [0.4, 0.5) is 11.4 Å². The number of benzene rings is 2. The normalized spacial score (nSPS) is 16.8. The highest BCUT2D eigenvalue weighted by Crippen LogP contribution is 2.36. The molecule has 4 rings (SSSR count). The van der Waals surface area contributed by atoms with Crippen molar-refractivity contribution in [3.05, 3.63) is 58.2 Å². The second kappa shape index (κ2) is 5.08. The van der Waals surface area contributed by atoms with Crippen LogP contribution in [0.2, 0.25) is 0 Å². The average Bonchev–Trinajstić information content (AvgIpc) is 2.90. The summed E-state index contributed by atoms with van der Waals surface area (Å²) in [6.45, 7) is 4.04. The summed E-state index contributed by atoms with van der Waals surface area (Å²) >= 11 is 1.70. The van der Waals surface area contributed by atoms with Crippen molar-refractivity contribution in [3.8, 4) is 0 Å². The van der Waals surface area contributed by atoms with Crippen LogP contribution in [0, 0.1) is 13.8 Å². The molecule has 0 saturated carbocycles. The zero-order valence-corrected chi connectivity index (χ0v) is 13.9. The molecule has 2 heterocycles. The van der Waals surface area contributed by atoms with E-state index in [2.05, 4.69) is 34.1 Å². The summed E-state index contributed by atoms with van der Waals surface area (Å²) in [4.78, 5) is 6.63. The van der Waals surface area contributed by atoms with Gasteiger partial charge in [-0.15, -0.1) is 11.3 Å². The van der Waals surface area contributed by atoms with Crippen molar-refractivity contribution in [3.63, 3.8) is 0 Å². The molecule has 0 saturated heterocycles. The van der Waals surface area contributed by atoms with E-state index in [9.17, 15) is 0 Å². The maximum atomic E-state index is 6.49. The lowest BCUT2D eigenvalue weighted by atomic mass is 9.96. The Kier molecular flexibility index (Phi) is 3.14. The SMILES string of the molecule is Cc1nc2cc(N3C=Cc4c(ccc(C)c4N)C3N)ccc2s1. The van der Waals surface area contributed by atoms with Crippen LogP contribution < -0.4 is 16.4 Å². The largest absolute Gasteiger partial charge is 0.398 e. The first-order valence-electron chi connectivity index (χ1n) is 7.53. The molecule has 23 heavy (non-hydrogen) atoms. The number of thiazole rings is 1. The van der Waals surface area contributed by atoms with E-state index in [1.54, 1.807) is 11.3 Å². The fraction of sp³-hybridized carbons (Fsp3) is 0.167. The molecule has 116 valence electrons. The monoisotopic (exact) mass is 322 g/mol. The van der Waals surface area contributed by atoms with E-state index in [4.69, 9.17) is 11.5 Å². The molecular weight excluding hydrogens is 304 g/mol. The number of anilines is 2. The van der Waals surface area contributed by atoms with Gasteiger partial charge in [0.2, 0.25) is 0 Å². The molecule has 0 aliphatic carbocycles. The molecule has 0 bridgehead atoms. The number of hydrogen-bond donors (Lipinski definition) is 2. The minimum absolute atomic E-state index is 0.255. The van der Waals surface area contributed by atoms with Crippen molar-refractivity contribution in [2.45, 2.75) is 20.0 Å². The fourth-order valence-electron chi connectivity index (χ4n) is 3.04. The molecule has 5 heteroatoms. The summed E-state index contributed by atoms with van der Waals surface area (Å²) in [5.74, 6) is 0. The van der Waals surface area contributed by atoms with Gasteiger partial charge in [0, 0.05) is 23.1 Å². The Morgan fingerprint density at radius 2 is 2.00 bits per heavy atom. The molecule has 1 atom stereocenters. The Morgan fingerprint density at radius 1 is 1.17 bits per heavy atom. The van der Waals surface area contributed by atoms with E-state index in [1.807, 2.05) is 32.2 Å². The minimum atomic E-state index is -0.255. The van der Waals surface area contributed by atoms with Gasteiger partial charge in [0.05, 0.1) is 15.2 Å². The van der Waals surface area contributed by atoms with Crippen molar-refractivity contribution in [1.29, 1.82) is 0 Å². The summed E-state index contributed by atoms with van der Waals surface area (Å²) in [6, 6.07) is 10.4. The van der Waals surface area contributed by atoms with Gasteiger partial charge in [0.15, 0.2) is 0 Å². The van der Waals surface area contributed by atoms with E-state index < -0.39 is 0 Å². The number of aryl methyl sites for hydroxylation is 2. The second-order valence-electron chi connectivity index (χ2n) is 5.85. The molecule has 4 nitrogen and oxygen atoms in total. The molecule has 0 amide bonds. The van der Waals surface area contributed by atoms with Crippen LogP contribution in [-0.4, -0.2) is 4.98 Å². The summed E-state index contributed by atoms with van der Waals surface area (Å²) < 4.78 is 1.20. The number of aromatic nitrogens is 1. The third-order valence-electron chi connectivity index (χ3n) is 4.34. The molecule has 1 aliphatic rings.